The van der Waals surface area contributed by atoms with E-state index in [9.17, 15) is 4.79 Å². The molecule has 1 amide bonds. The Morgan fingerprint density at radius 1 is 1.69 bits per heavy atom. The van der Waals surface area contributed by atoms with Crippen molar-refractivity contribution in [2.24, 2.45) is 5.84 Å². The summed E-state index contributed by atoms with van der Waals surface area (Å²) in [4.78, 5) is 13.1. The molecule has 1 fully saturated rings. The number of nitrogen functional groups attached to an aromatic ring is 1. The zero-order chi connectivity index (χ0) is 11.5. The van der Waals surface area contributed by atoms with Crippen molar-refractivity contribution in [3.05, 3.63) is 21.4 Å². The van der Waals surface area contributed by atoms with E-state index in [4.69, 9.17) is 10.6 Å². The summed E-state index contributed by atoms with van der Waals surface area (Å²) in [6.45, 7) is 2.60. The van der Waals surface area contributed by atoms with Crippen LogP contribution in [0.2, 0.25) is 0 Å². The van der Waals surface area contributed by atoms with Crippen LogP contribution in [0.5, 0.6) is 0 Å². The molecule has 1 saturated carbocycles. The van der Waals surface area contributed by atoms with Crippen LogP contribution in [0, 0.1) is 6.92 Å². The van der Waals surface area contributed by atoms with Gasteiger partial charge in [-0.1, -0.05) is 0 Å². The molecular formula is C11H16N2O2S. The van der Waals surface area contributed by atoms with Crippen LogP contribution in [-0.4, -0.2) is 12.0 Å². The highest BCUT2D eigenvalue weighted by Gasteiger charge is 2.19. The van der Waals surface area contributed by atoms with Crippen LogP contribution >= 0.6 is 11.3 Å². The van der Waals surface area contributed by atoms with Gasteiger partial charge < -0.3 is 4.74 Å². The largest absolute Gasteiger partial charge is 0.374 e. The van der Waals surface area contributed by atoms with Gasteiger partial charge in [0.25, 0.3) is 5.91 Å². The van der Waals surface area contributed by atoms with E-state index in [-0.39, 0.29) is 5.91 Å². The average molecular weight is 240 g/mol. The normalized spacial score (nSPS) is 15.9. The minimum absolute atomic E-state index is 0.233. The molecule has 0 bridgehead atoms. The zero-order valence-electron chi connectivity index (χ0n) is 9.29. The van der Waals surface area contributed by atoms with E-state index in [0.717, 1.165) is 10.4 Å². The lowest BCUT2D eigenvalue weighted by atomic mass is 9.96. The smallest absolute Gasteiger partial charge is 0.275 e. The van der Waals surface area contributed by atoms with Crippen molar-refractivity contribution in [1.29, 1.82) is 0 Å². The van der Waals surface area contributed by atoms with Gasteiger partial charge in [-0.15, -0.1) is 11.3 Å². The third-order valence-electron chi connectivity index (χ3n) is 2.90. The van der Waals surface area contributed by atoms with Gasteiger partial charge in [0, 0.05) is 4.88 Å². The van der Waals surface area contributed by atoms with Gasteiger partial charge in [-0.05, 0) is 37.8 Å². The summed E-state index contributed by atoms with van der Waals surface area (Å²) in [6, 6.07) is 1.86. The first-order chi connectivity index (χ1) is 7.70. The van der Waals surface area contributed by atoms with Gasteiger partial charge in [0.1, 0.15) is 0 Å². The van der Waals surface area contributed by atoms with Crippen molar-refractivity contribution >= 4 is 17.2 Å². The summed E-state index contributed by atoms with van der Waals surface area (Å²) in [5.41, 5.74) is 3.23. The van der Waals surface area contributed by atoms with Crippen molar-refractivity contribution < 1.29 is 9.53 Å². The van der Waals surface area contributed by atoms with Crippen LogP contribution < -0.4 is 11.3 Å². The number of amides is 1. The molecule has 16 heavy (non-hydrogen) atoms. The summed E-state index contributed by atoms with van der Waals surface area (Å²) < 4.78 is 5.72. The minimum atomic E-state index is -0.233. The second-order valence-corrected chi connectivity index (χ2v) is 5.29. The highest BCUT2D eigenvalue weighted by Crippen LogP contribution is 2.26. The quantitative estimate of drug-likeness (QED) is 0.478. The molecule has 0 aliphatic heterocycles. The molecule has 1 aromatic rings. The Hall–Kier alpha value is -0.910. The maximum Gasteiger partial charge on any atom is 0.275 e. The summed E-state index contributed by atoms with van der Waals surface area (Å²) >= 11 is 1.45. The number of rotatable bonds is 4. The third-order valence-corrected chi connectivity index (χ3v) is 3.99. The summed E-state index contributed by atoms with van der Waals surface area (Å²) in [6.07, 6.45) is 4.03. The Bertz CT molecular complexity index is 385. The van der Waals surface area contributed by atoms with Crippen molar-refractivity contribution in [3.63, 3.8) is 0 Å². The molecule has 88 valence electrons. The fraction of sp³-hybridized carbons (Fsp3) is 0.545. The van der Waals surface area contributed by atoms with Crippen LogP contribution in [0.15, 0.2) is 6.07 Å². The van der Waals surface area contributed by atoms with E-state index in [1.54, 1.807) is 0 Å². The minimum Gasteiger partial charge on any atom is -0.374 e. The first-order valence-electron chi connectivity index (χ1n) is 5.42. The predicted molar refractivity (Wildman–Crippen MR) is 63.1 cm³/mol. The van der Waals surface area contributed by atoms with E-state index in [2.05, 4.69) is 5.43 Å². The second kappa shape index (κ2) is 4.95. The van der Waals surface area contributed by atoms with E-state index in [1.807, 2.05) is 13.0 Å². The highest BCUT2D eigenvalue weighted by atomic mass is 32.1. The molecule has 1 aliphatic carbocycles. The van der Waals surface area contributed by atoms with Gasteiger partial charge in [0.2, 0.25) is 0 Å². The molecule has 1 heterocycles. The van der Waals surface area contributed by atoms with E-state index in [0.29, 0.717) is 17.6 Å². The fourth-order valence-corrected chi connectivity index (χ4v) is 2.52. The molecule has 3 N–H and O–H groups in total. The number of hydrazine groups is 1. The summed E-state index contributed by atoms with van der Waals surface area (Å²) in [5.74, 6) is 4.86. The Kier molecular flexibility index (Phi) is 3.58. The van der Waals surface area contributed by atoms with E-state index >= 15 is 0 Å². The van der Waals surface area contributed by atoms with Crippen molar-refractivity contribution in [2.45, 2.75) is 38.9 Å². The Morgan fingerprint density at radius 3 is 3.00 bits per heavy atom. The fourth-order valence-electron chi connectivity index (χ4n) is 1.59. The monoisotopic (exact) mass is 240 g/mol. The Morgan fingerprint density at radius 2 is 2.44 bits per heavy atom. The highest BCUT2D eigenvalue weighted by molar-refractivity contribution is 7.14. The van der Waals surface area contributed by atoms with E-state index in [1.165, 1.54) is 30.6 Å². The average Bonchev–Trinajstić information content (AvgIpc) is 2.57. The first-order valence-corrected chi connectivity index (χ1v) is 6.24. The maximum absolute atomic E-state index is 11.3. The number of nitrogens with two attached hydrogens (primary N) is 1. The molecule has 0 aromatic carbocycles. The number of carbonyl (C=O) groups excluding carboxylic acids is 1. The lowest BCUT2D eigenvalue weighted by Gasteiger charge is -2.25. The van der Waals surface area contributed by atoms with E-state index < -0.39 is 0 Å². The molecule has 4 nitrogen and oxygen atoms in total. The Balaban J connectivity index is 1.97. The van der Waals surface area contributed by atoms with Crippen LogP contribution in [-0.2, 0) is 11.3 Å². The van der Waals surface area contributed by atoms with Crippen LogP contribution in [0.3, 0.4) is 0 Å². The number of thiophene rings is 1. The zero-order valence-corrected chi connectivity index (χ0v) is 10.1. The molecule has 0 spiro atoms. The topological polar surface area (TPSA) is 64.4 Å². The lowest BCUT2D eigenvalue weighted by Crippen LogP contribution is -2.29. The van der Waals surface area contributed by atoms with Crippen molar-refractivity contribution in [2.75, 3.05) is 0 Å². The van der Waals surface area contributed by atoms with Crippen molar-refractivity contribution in [1.82, 2.24) is 5.43 Å². The molecule has 1 aromatic heterocycles. The maximum atomic E-state index is 11.3. The number of aryl methyl sites for hydroxylation is 1. The summed E-state index contributed by atoms with van der Waals surface area (Å²) in [7, 11) is 0. The first kappa shape index (κ1) is 11.6. The van der Waals surface area contributed by atoms with Crippen LogP contribution in [0.25, 0.3) is 0 Å². The summed E-state index contributed by atoms with van der Waals surface area (Å²) in [5, 5.41) is 0. The third kappa shape index (κ3) is 2.42. The number of hydrogen-bond donors (Lipinski definition) is 2. The van der Waals surface area contributed by atoms with Crippen LogP contribution in [0.4, 0.5) is 0 Å². The van der Waals surface area contributed by atoms with Gasteiger partial charge in [-0.2, -0.15) is 0 Å². The number of nitrogens with one attached hydrogen (secondary N) is 1. The molecule has 5 heteroatoms. The standard InChI is InChI=1S/C11H16N2O2S/c1-7-8(6-15-9-3-2-4-9)5-10(16-7)11(14)13-12/h5,9H,2-4,6,12H2,1H3,(H,13,14). The molecule has 0 saturated heterocycles. The van der Waals surface area contributed by atoms with Gasteiger partial charge in [-0.3, -0.25) is 10.2 Å². The molecule has 0 atom stereocenters. The van der Waals surface area contributed by atoms with Gasteiger partial charge in [-0.25, -0.2) is 5.84 Å². The van der Waals surface area contributed by atoms with Crippen LogP contribution in [0.1, 0.15) is 39.4 Å². The van der Waals surface area contributed by atoms with Crippen molar-refractivity contribution in [3.8, 4) is 0 Å². The number of carbonyl (C=O) groups is 1. The second-order valence-electron chi connectivity index (χ2n) is 4.03. The molecule has 1 aliphatic rings. The molecule has 2 rings (SSSR count). The Labute approximate surface area is 98.8 Å². The SMILES string of the molecule is Cc1sc(C(=O)NN)cc1COC1CCC1. The number of hydrogen-bond acceptors (Lipinski definition) is 4. The lowest BCUT2D eigenvalue weighted by molar-refractivity contribution is -0.00870. The predicted octanol–water partition coefficient (Wildman–Crippen LogP) is 1.73. The van der Waals surface area contributed by atoms with Gasteiger partial charge in [0.15, 0.2) is 0 Å². The van der Waals surface area contributed by atoms with Gasteiger partial charge in [0.05, 0.1) is 17.6 Å². The molecule has 0 unspecified atom stereocenters. The number of ether oxygens (including phenoxy) is 1. The van der Waals surface area contributed by atoms with Gasteiger partial charge >= 0.3 is 0 Å². The molecular weight excluding hydrogens is 224 g/mol. The molecule has 0 radical (unpaired) electrons.